The highest BCUT2D eigenvalue weighted by atomic mass is 35.5. The van der Waals surface area contributed by atoms with Gasteiger partial charge in [0.1, 0.15) is 0 Å². The summed E-state index contributed by atoms with van der Waals surface area (Å²) in [7, 11) is 0. The molecule has 0 unspecified atom stereocenters. The Bertz CT molecular complexity index is 716. The third kappa shape index (κ3) is 5.13. The molecule has 7 heteroatoms. The van der Waals surface area contributed by atoms with Crippen LogP contribution in [0.4, 0.5) is 0 Å². The summed E-state index contributed by atoms with van der Waals surface area (Å²) in [4.78, 5) is 12.2. The maximum Gasteiger partial charge on any atom is 0.224 e. The molecule has 1 heterocycles. The van der Waals surface area contributed by atoms with Gasteiger partial charge in [0.2, 0.25) is 5.91 Å². The third-order valence-electron chi connectivity index (χ3n) is 3.62. The molecule has 0 radical (unpaired) electrons. The second-order valence-electron chi connectivity index (χ2n) is 5.36. The normalized spacial score (nSPS) is 10.6. The number of aromatic nitrogens is 2. The monoisotopic (exact) mass is 365 g/mol. The van der Waals surface area contributed by atoms with Crippen molar-refractivity contribution >= 4 is 17.5 Å². The van der Waals surface area contributed by atoms with Gasteiger partial charge < -0.3 is 14.8 Å². The molecule has 0 atom stereocenters. The molecule has 25 heavy (non-hydrogen) atoms. The van der Waals surface area contributed by atoms with Crippen molar-refractivity contribution in [2.75, 3.05) is 13.2 Å². The molecule has 1 aromatic carbocycles. The predicted molar refractivity (Wildman–Crippen MR) is 97.2 cm³/mol. The van der Waals surface area contributed by atoms with Crippen LogP contribution in [0.15, 0.2) is 24.4 Å². The highest BCUT2D eigenvalue weighted by Crippen LogP contribution is 2.28. The van der Waals surface area contributed by atoms with Crippen molar-refractivity contribution in [3.8, 4) is 11.5 Å². The van der Waals surface area contributed by atoms with Gasteiger partial charge in [0, 0.05) is 6.54 Å². The van der Waals surface area contributed by atoms with E-state index in [1.54, 1.807) is 10.9 Å². The zero-order valence-electron chi connectivity index (χ0n) is 14.8. The van der Waals surface area contributed by atoms with Gasteiger partial charge in [-0.2, -0.15) is 5.10 Å². The zero-order chi connectivity index (χ0) is 18.2. The van der Waals surface area contributed by atoms with Crippen molar-refractivity contribution in [1.29, 1.82) is 0 Å². The molecule has 2 rings (SSSR count). The van der Waals surface area contributed by atoms with Crippen LogP contribution in [0.5, 0.6) is 11.5 Å². The van der Waals surface area contributed by atoms with E-state index in [1.807, 2.05) is 39.0 Å². The second kappa shape index (κ2) is 9.32. The molecule has 0 saturated heterocycles. The fourth-order valence-electron chi connectivity index (χ4n) is 2.47. The smallest absolute Gasteiger partial charge is 0.224 e. The van der Waals surface area contributed by atoms with E-state index in [2.05, 4.69) is 10.4 Å². The standard InChI is InChI=1S/C18H24ClN3O3/c1-4-22-15(14(19)11-21-22)12-20-18(23)10-13-7-8-16(24-5-2)17(9-13)25-6-3/h7-9,11H,4-6,10,12H2,1-3H3,(H,20,23). The van der Waals surface area contributed by atoms with E-state index in [1.165, 1.54) is 0 Å². The molecule has 2 aromatic rings. The van der Waals surface area contributed by atoms with Gasteiger partial charge in [0.25, 0.3) is 0 Å². The number of carbonyl (C=O) groups is 1. The number of benzene rings is 1. The van der Waals surface area contributed by atoms with Gasteiger partial charge in [-0.15, -0.1) is 0 Å². The molecule has 0 aliphatic rings. The number of nitrogens with zero attached hydrogens (tertiary/aromatic N) is 2. The summed E-state index contributed by atoms with van der Waals surface area (Å²) >= 11 is 6.10. The molecule has 0 aliphatic carbocycles. The van der Waals surface area contributed by atoms with Crippen LogP contribution in [-0.2, 0) is 24.3 Å². The minimum Gasteiger partial charge on any atom is -0.490 e. The number of hydrogen-bond acceptors (Lipinski definition) is 4. The molecular weight excluding hydrogens is 342 g/mol. The minimum atomic E-state index is -0.0912. The van der Waals surface area contributed by atoms with Gasteiger partial charge >= 0.3 is 0 Å². The number of nitrogens with one attached hydrogen (secondary N) is 1. The number of rotatable bonds is 9. The maximum atomic E-state index is 12.2. The Morgan fingerprint density at radius 3 is 2.60 bits per heavy atom. The topological polar surface area (TPSA) is 65.4 Å². The van der Waals surface area contributed by atoms with Crippen LogP contribution in [0.2, 0.25) is 5.02 Å². The highest BCUT2D eigenvalue weighted by Gasteiger charge is 2.12. The van der Waals surface area contributed by atoms with Crippen LogP contribution in [0, 0.1) is 0 Å². The van der Waals surface area contributed by atoms with Crippen LogP contribution < -0.4 is 14.8 Å². The zero-order valence-corrected chi connectivity index (χ0v) is 15.6. The molecular formula is C18H24ClN3O3. The summed E-state index contributed by atoms with van der Waals surface area (Å²) in [6, 6.07) is 5.55. The number of carbonyl (C=O) groups excluding carboxylic acids is 1. The summed E-state index contributed by atoms with van der Waals surface area (Å²) in [5.41, 5.74) is 1.67. The number of halogens is 1. The van der Waals surface area contributed by atoms with E-state index in [0.717, 1.165) is 11.3 Å². The summed E-state index contributed by atoms with van der Waals surface area (Å²) in [6.07, 6.45) is 1.84. The van der Waals surface area contributed by atoms with Gasteiger partial charge in [-0.05, 0) is 38.5 Å². The first-order valence-electron chi connectivity index (χ1n) is 8.44. The van der Waals surface area contributed by atoms with Crippen molar-refractivity contribution in [1.82, 2.24) is 15.1 Å². The number of amides is 1. The van der Waals surface area contributed by atoms with Crippen molar-refractivity contribution in [2.45, 2.75) is 40.3 Å². The quantitative estimate of drug-likeness (QED) is 0.741. The minimum absolute atomic E-state index is 0.0912. The SMILES string of the molecule is CCOc1ccc(CC(=O)NCc2c(Cl)cnn2CC)cc1OCC. The fourth-order valence-corrected chi connectivity index (χ4v) is 2.68. The Balaban J connectivity index is 2.00. The summed E-state index contributed by atoms with van der Waals surface area (Å²) in [5, 5.41) is 7.60. The van der Waals surface area contributed by atoms with E-state index >= 15 is 0 Å². The van der Waals surface area contributed by atoms with E-state index in [4.69, 9.17) is 21.1 Å². The van der Waals surface area contributed by atoms with Crippen molar-refractivity contribution in [3.63, 3.8) is 0 Å². The van der Waals surface area contributed by atoms with E-state index in [0.29, 0.717) is 42.8 Å². The van der Waals surface area contributed by atoms with Crippen LogP contribution in [0.25, 0.3) is 0 Å². The van der Waals surface area contributed by atoms with Crippen LogP contribution in [0.3, 0.4) is 0 Å². The fraction of sp³-hybridized carbons (Fsp3) is 0.444. The van der Waals surface area contributed by atoms with E-state index < -0.39 is 0 Å². The third-order valence-corrected chi connectivity index (χ3v) is 3.94. The first-order valence-corrected chi connectivity index (χ1v) is 8.82. The van der Waals surface area contributed by atoms with Gasteiger partial charge in [0.15, 0.2) is 11.5 Å². The van der Waals surface area contributed by atoms with Crippen molar-refractivity contribution < 1.29 is 14.3 Å². The van der Waals surface area contributed by atoms with Gasteiger partial charge in [0.05, 0.1) is 43.1 Å². The molecule has 0 saturated carbocycles. The van der Waals surface area contributed by atoms with Crippen molar-refractivity contribution in [2.24, 2.45) is 0 Å². The molecule has 0 bridgehead atoms. The lowest BCUT2D eigenvalue weighted by molar-refractivity contribution is -0.120. The molecule has 1 amide bonds. The number of aryl methyl sites for hydroxylation is 1. The summed E-state index contributed by atoms with van der Waals surface area (Å²) in [5.74, 6) is 1.25. The maximum absolute atomic E-state index is 12.2. The highest BCUT2D eigenvalue weighted by molar-refractivity contribution is 6.31. The average Bonchev–Trinajstić information content (AvgIpc) is 2.95. The van der Waals surface area contributed by atoms with Gasteiger partial charge in [-0.3, -0.25) is 9.48 Å². The molecule has 136 valence electrons. The lowest BCUT2D eigenvalue weighted by Crippen LogP contribution is -2.26. The lowest BCUT2D eigenvalue weighted by atomic mass is 10.1. The molecule has 1 aromatic heterocycles. The summed E-state index contributed by atoms with van der Waals surface area (Å²) < 4.78 is 12.9. The van der Waals surface area contributed by atoms with Gasteiger partial charge in [-0.1, -0.05) is 17.7 Å². The second-order valence-corrected chi connectivity index (χ2v) is 5.76. The molecule has 0 aliphatic heterocycles. The van der Waals surface area contributed by atoms with Crippen LogP contribution in [-0.4, -0.2) is 28.9 Å². The molecule has 0 spiro atoms. The summed E-state index contributed by atoms with van der Waals surface area (Å²) in [6.45, 7) is 7.96. The largest absolute Gasteiger partial charge is 0.490 e. The van der Waals surface area contributed by atoms with Crippen LogP contribution >= 0.6 is 11.6 Å². The van der Waals surface area contributed by atoms with Crippen LogP contribution in [0.1, 0.15) is 32.0 Å². The Hall–Kier alpha value is -2.21. The molecule has 0 fully saturated rings. The predicted octanol–water partition coefficient (Wildman–Crippen LogP) is 3.21. The number of hydrogen-bond donors (Lipinski definition) is 1. The first kappa shape index (κ1) is 19.1. The first-order chi connectivity index (χ1) is 12.1. The Morgan fingerprint density at radius 1 is 1.20 bits per heavy atom. The Morgan fingerprint density at radius 2 is 1.92 bits per heavy atom. The lowest BCUT2D eigenvalue weighted by Gasteiger charge is -2.12. The number of ether oxygens (including phenoxy) is 2. The van der Waals surface area contributed by atoms with Crippen molar-refractivity contribution in [3.05, 3.63) is 40.7 Å². The average molecular weight is 366 g/mol. The Labute approximate surface area is 153 Å². The van der Waals surface area contributed by atoms with Gasteiger partial charge in [-0.25, -0.2) is 0 Å². The van der Waals surface area contributed by atoms with E-state index in [-0.39, 0.29) is 12.3 Å². The molecule has 6 nitrogen and oxygen atoms in total. The Kier molecular flexibility index (Phi) is 7.13. The van der Waals surface area contributed by atoms with E-state index in [9.17, 15) is 4.79 Å². The molecule has 1 N–H and O–H groups in total.